The van der Waals surface area contributed by atoms with E-state index in [2.05, 4.69) is 5.32 Å². The summed E-state index contributed by atoms with van der Waals surface area (Å²) < 4.78 is 18.0. The molecule has 0 heterocycles. The van der Waals surface area contributed by atoms with Gasteiger partial charge < -0.3 is 10.1 Å². The largest absolute Gasteiger partial charge is 0.484 e. The molecule has 2 aromatic rings. The number of hydrogen-bond acceptors (Lipinski definition) is 2. The van der Waals surface area contributed by atoms with E-state index in [4.69, 9.17) is 16.3 Å². The first-order valence-electron chi connectivity index (χ1n) is 5.57. The first-order valence-corrected chi connectivity index (χ1v) is 5.95. The van der Waals surface area contributed by atoms with Crippen LogP contribution in [0.25, 0.3) is 0 Å². The molecule has 1 amide bonds. The van der Waals surface area contributed by atoms with Crippen molar-refractivity contribution in [2.24, 2.45) is 0 Å². The second kappa shape index (κ2) is 6.20. The summed E-state index contributed by atoms with van der Waals surface area (Å²) in [5.41, 5.74) is 0.515. The van der Waals surface area contributed by atoms with Gasteiger partial charge in [0.25, 0.3) is 5.91 Å². The molecule has 2 rings (SSSR count). The van der Waals surface area contributed by atoms with E-state index >= 15 is 0 Å². The zero-order valence-corrected chi connectivity index (χ0v) is 10.7. The van der Waals surface area contributed by atoms with Gasteiger partial charge in [-0.15, -0.1) is 0 Å². The van der Waals surface area contributed by atoms with Crippen molar-refractivity contribution in [3.8, 4) is 5.75 Å². The van der Waals surface area contributed by atoms with Crippen molar-refractivity contribution in [1.29, 1.82) is 0 Å². The molecule has 5 heteroatoms. The van der Waals surface area contributed by atoms with Crippen LogP contribution in [0, 0.1) is 5.82 Å². The molecule has 0 saturated carbocycles. The minimum atomic E-state index is -0.354. The number of ether oxygens (including phenoxy) is 1. The summed E-state index contributed by atoms with van der Waals surface area (Å²) >= 11 is 5.79. The summed E-state index contributed by atoms with van der Waals surface area (Å²) in [6.45, 7) is -0.141. The molecule has 3 nitrogen and oxygen atoms in total. The van der Waals surface area contributed by atoms with Gasteiger partial charge in [0, 0.05) is 10.7 Å². The number of benzene rings is 2. The quantitative estimate of drug-likeness (QED) is 0.930. The Morgan fingerprint density at radius 1 is 1.21 bits per heavy atom. The highest BCUT2D eigenvalue weighted by Crippen LogP contribution is 2.17. The summed E-state index contributed by atoms with van der Waals surface area (Å²) in [6, 6.07) is 12.3. The molecule has 0 aliphatic rings. The topological polar surface area (TPSA) is 38.3 Å². The minimum absolute atomic E-state index is 0.141. The molecular weight excluding hydrogens is 269 g/mol. The molecule has 1 N–H and O–H groups in total. The van der Waals surface area contributed by atoms with Crippen LogP contribution in [0.3, 0.4) is 0 Å². The van der Waals surface area contributed by atoms with E-state index in [0.717, 1.165) is 0 Å². The van der Waals surface area contributed by atoms with Crippen molar-refractivity contribution < 1.29 is 13.9 Å². The molecule has 0 aliphatic carbocycles. The van der Waals surface area contributed by atoms with Crippen LogP contribution in [-0.2, 0) is 4.79 Å². The number of amides is 1. The average Bonchev–Trinajstić information content (AvgIpc) is 2.39. The maximum Gasteiger partial charge on any atom is 0.262 e. The average molecular weight is 280 g/mol. The van der Waals surface area contributed by atoms with Crippen LogP contribution >= 0.6 is 11.6 Å². The van der Waals surface area contributed by atoms with Gasteiger partial charge >= 0.3 is 0 Å². The normalized spacial score (nSPS) is 10.0. The monoisotopic (exact) mass is 279 g/mol. The van der Waals surface area contributed by atoms with Crippen LogP contribution in [0.2, 0.25) is 5.02 Å². The highest BCUT2D eigenvalue weighted by atomic mass is 35.5. The maximum atomic E-state index is 12.7. The van der Waals surface area contributed by atoms with Gasteiger partial charge in [-0.2, -0.15) is 0 Å². The molecule has 0 aromatic heterocycles. The van der Waals surface area contributed by atoms with Gasteiger partial charge in [-0.05, 0) is 42.5 Å². The van der Waals surface area contributed by atoms with E-state index in [1.54, 1.807) is 24.3 Å². The highest BCUT2D eigenvalue weighted by Gasteiger charge is 2.04. The van der Waals surface area contributed by atoms with Crippen LogP contribution in [0.5, 0.6) is 5.75 Å². The molecule has 0 aliphatic heterocycles. The van der Waals surface area contributed by atoms with E-state index in [9.17, 15) is 9.18 Å². The van der Waals surface area contributed by atoms with Gasteiger partial charge in [-0.1, -0.05) is 17.7 Å². The standard InChI is InChI=1S/C14H11ClFNO2/c15-10-2-1-3-13(8-10)19-9-14(18)17-12-6-4-11(16)5-7-12/h1-8H,9H2,(H,17,18). The van der Waals surface area contributed by atoms with Gasteiger partial charge in [0.1, 0.15) is 11.6 Å². The molecule has 0 unspecified atom stereocenters. The van der Waals surface area contributed by atoms with Crippen molar-refractivity contribution in [2.45, 2.75) is 0 Å². The number of rotatable bonds is 4. The number of nitrogens with one attached hydrogen (secondary N) is 1. The zero-order chi connectivity index (χ0) is 13.7. The summed E-state index contributed by atoms with van der Waals surface area (Å²) in [5, 5.41) is 3.13. The van der Waals surface area contributed by atoms with Crippen LogP contribution in [0.15, 0.2) is 48.5 Å². The number of carbonyl (C=O) groups excluding carboxylic acids is 1. The molecule has 98 valence electrons. The summed E-state index contributed by atoms with van der Waals surface area (Å²) in [7, 11) is 0. The second-order valence-electron chi connectivity index (χ2n) is 3.80. The van der Waals surface area contributed by atoms with E-state index in [1.807, 2.05) is 0 Å². The summed E-state index contributed by atoms with van der Waals surface area (Å²) in [5.74, 6) is -0.165. The lowest BCUT2D eigenvalue weighted by Crippen LogP contribution is -2.20. The van der Waals surface area contributed by atoms with Crippen LogP contribution in [0.4, 0.5) is 10.1 Å². The van der Waals surface area contributed by atoms with E-state index < -0.39 is 0 Å². The molecule has 19 heavy (non-hydrogen) atoms. The van der Waals surface area contributed by atoms with Gasteiger partial charge in [-0.25, -0.2) is 4.39 Å². The van der Waals surface area contributed by atoms with Crippen molar-refractivity contribution in [3.05, 3.63) is 59.4 Å². The third kappa shape index (κ3) is 4.26. The smallest absolute Gasteiger partial charge is 0.262 e. The highest BCUT2D eigenvalue weighted by molar-refractivity contribution is 6.30. The SMILES string of the molecule is O=C(COc1cccc(Cl)c1)Nc1ccc(F)cc1. The van der Waals surface area contributed by atoms with Crippen molar-refractivity contribution in [3.63, 3.8) is 0 Å². The fraction of sp³-hybridized carbons (Fsp3) is 0.0714. The fourth-order valence-corrected chi connectivity index (χ4v) is 1.62. The van der Waals surface area contributed by atoms with Crippen LogP contribution in [0.1, 0.15) is 0 Å². The Kier molecular flexibility index (Phi) is 4.36. The van der Waals surface area contributed by atoms with E-state index in [0.29, 0.717) is 16.5 Å². The number of carbonyl (C=O) groups is 1. The Morgan fingerprint density at radius 3 is 2.63 bits per heavy atom. The predicted octanol–water partition coefficient (Wildman–Crippen LogP) is 3.50. The third-order valence-electron chi connectivity index (χ3n) is 2.29. The van der Waals surface area contributed by atoms with Gasteiger partial charge in [0.2, 0.25) is 0 Å². The van der Waals surface area contributed by atoms with Crippen molar-refractivity contribution in [1.82, 2.24) is 0 Å². The molecular formula is C14H11ClFNO2. The van der Waals surface area contributed by atoms with Crippen LogP contribution in [-0.4, -0.2) is 12.5 Å². The lowest BCUT2D eigenvalue weighted by atomic mass is 10.3. The van der Waals surface area contributed by atoms with Gasteiger partial charge in [-0.3, -0.25) is 4.79 Å². The fourth-order valence-electron chi connectivity index (χ4n) is 1.44. The van der Waals surface area contributed by atoms with E-state index in [-0.39, 0.29) is 18.3 Å². The zero-order valence-electron chi connectivity index (χ0n) is 9.90. The molecule has 0 atom stereocenters. The first-order chi connectivity index (χ1) is 9.13. The Morgan fingerprint density at radius 2 is 1.95 bits per heavy atom. The van der Waals surface area contributed by atoms with Gasteiger partial charge in [0.15, 0.2) is 6.61 Å². The Balaban J connectivity index is 1.86. The van der Waals surface area contributed by atoms with Crippen LogP contribution < -0.4 is 10.1 Å². The third-order valence-corrected chi connectivity index (χ3v) is 2.53. The van der Waals surface area contributed by atoms with Gasteiger partial charge in [0.05, 0.1) is 0 Å². The Labute approximate surface area is 115 Å². The molecule has 0 spiro atoms. The lowest BCUT2D eigenvalue weighted by Gasteiger charge is -2.07. The second-order valence-corrected chi connectivity index (χ2v) is 4.24. The Hall–Kier alpha value is -2.07. The number of anilines is 1. The number of halogens is 2. The molecule has 2 aromatic carbocycles. The molecule has 0 fully saturated rings. The predicted molar refractivity (Wildman–Crippen MR) is 72.0 cm³/mol. The van der Waals surface area contributed by atoms with Crippen molar-refractivity contribution in [2.75, 3.05) is 11.9 Å². The Bertz CT molecular complexity index is 572. The molecule has 0 radical (unpaired) electrons. The molecule has 0 bridgehead atoms. The number of hydrogen-bond donors (Lipinski definition) is 1. The van der Waals surface area contributed by atoms with Crippen molar-refractivity contribution >= 4 is 23.2 Å². The molecule has 0 saturated heterocycles. The van der Waals surface area contributed by atoms with E-state index in [1.165, 1.54) is 24.3 Å². The lowest BCUT2D eigenvalue weighted by molar-refractivity contribution is -0.118. The summed E-state index contributed by atoms with van der Waals surface area (Å²) in [4.78, 5) is 11.6. The summed E-state index contributed by atoms with van der Waals surface area (Å²) in [6.07, 6.45) is 0. The minimum Gasteiger partial charge on any atom is -0.484 e. The maximum absolute atomic E-state index is 12.7. The first kappa shape index (κ1) is 13.4.